The van der Waals surface area contributed by atoms with Gasteiger partial charge in [-0.05, 0) is 83.4 Å². The van der Waals surface area contributed by atoms with Crippen LogP contribution in [0.4, 0.5) is 5.69 Å². The minimum atomic E-state index is -0.166. The number of hydrogen-bond donors (Lipinski definition) is 1. The highest BCUT2D eigenvalue weighted by atomic mass is 32.2. The van der Waals surface area contributed by atoms with E-state index >= 15 is 0 Å². The van der Waals surface area contributed by atoms with Gasteiger partial charge in [-0.2, -0.15) is 0 Å². The highest BCUT2D eigenvalue weighted by Gasteiger charge is 2.24. The predicted molar refractivity (Wildman–Crippen MR) is 148 cm³/mol. The molecule has 0 atom stereocenters. The molecule has 0 saturated carbocycles. The standard InChI is InChI=1S/C30H26N2O3S/c1-3-34-27-17-21(18-28-29(33)32-30(36-28)31-24-12-6-8-20(2)16-24)14-15-26(27)35-19-23-11-7-10-22-9-4-5-13-25(22)23/h4-18H,3,19H2,1-2H3,(H,31,32,33)/b28-18+. The minimum Gasteiger partial charge on any atom is -0.490 e. The largest absolute Gasteiger partial charge is 0.490 e. The number of aryl methyl sites for hydroxylation is 1. The van der Waals surface area contributed by atoms with E-state index < -0.39 is 0 Å². The third-order valence-corrected chi connectivity index (χ3v) is 6.62. The molecule has 1 aliphatic heterocycles. The van der Waals surface area contributed by atoms with Crippen LogP contribution in [0.15, 0.2) is 94.8 Å². The van der Waals surface area contributed by atoms with Crippen molar-refractivity contribution in [3.63, 3.8) is 0 Å². The predicted octanol–water partition coefficient (Wildman–Crippen LogP) is 7.02. The highest BCUT2D eigenvalue weighted by molar-refractivity contribution is 8.18. The molecular formula is C30H26N2O3S. The molecule has 1 N–H and O–H groups in total. The molecular weight excluding hydrogens is 468 g/mol. The Morgan fingerprint density at radius 1 is 0.917 bits per heavy atom. The Labute approximate surface area is 214 Å². The number of amides is 1. The van der Waals surface area contributed by atoms with Gasteiger partial charge in [-0.25, -0.2) is 4.99 Å². The Morgan fingerprint density at radius 3 is 2.61 bits per heavy atom. The van der Waals surface area contributed by atoms with Gasteiger partial charge >= 0.3 is 0 Å². The number of nitrogens with zero attached hydrogens (tertiary/aromatic N) is 1. The lowest BCUT2D eigenvalue weighted by atomic mass is 10.1. The van der Waals surface area contributed by atoms with Crippen molar-refractivity contribution < 1.29 is 14.3 Å². The van der Waals surface area contributed by atoms with Crippen LogP contribution in [0.1, 0.15) is 23.6 Å². The van der Waals surface area contributed by atoms with E-state index in [1.807, 2.05) is 80.6 Å². The van der Waals surface area contributed by atoms with Crippen LogP contribution in [-0.2, 0) is 11.4 Å². The summed E-state index contributed by atoms with van der Waals surface area (Å²) in [4.78, 5) is 17.7. The monoisotopic (exact) mass is 494 g/mol. The van der Waals surface area contributed by atoms with Gasteiger partial charge in [0.25, 0.3) is 5.91 Å². The maximum Gasteiger partial charge on any atom is 0.264 e. The van der Waals surface area contributed by atoms with Gasteiger partial charge in [0.2, 0.25) is 0 Å². The first-order chi connectivity index (χ1) is 17.6. The van der Waals surface area contributed by atoms with Crippen LogP contribution in [0.2, 0.25) is 0 Å². The Balaban J connectivity index is 1.35. The van der Waals surface area contributed by atoms with Crippen molar-refractivity contribution in [3.8, 4) is 11.5 Å². The number of amidine groups is 1. The molecule has 1 saturated heterocycles. The Hall–Kier alpha value is -4.03. The summed E-state index contributed by atoms with van der Waals surface area (Å²) >= 11 is 1.32. The first-order valence-corrected chi connectivity index (χ1v) is 12.6. The molecule has 0 bridgehead atoms. The van der Waals surface area contributed by atoms with E-state index in [0.29, 0.717) is 34.8 Å². The minimum absolute atomic E-state index is 0.166. The van der Waals surface area contributed by atoms with Gasteiger partial charge in [0.15, 0.2) is 16.7 Å². The first kappa shape index (κ1) is 23.7. The van der Waals surface area contributed by atoms with Crippen LogP contribution in [0.3, 0.4) is 0 Å². The third-order valence-electron chi connectivity index (χ3n) is 5.71. The third kappa shape index (κ3) is 5.44. The number of hydrogen-bond acceptors (Lipinski definition) is 5. The van der Waals surface area contributed by atoms with Gasteiger partial charge in [-0.3, -0.25) is 4.79 Å². The number of rotatable bonds is 7. The number of fused-ring (bicyclic) bond motifs is 1. The lowest BCUT2D eigenvalue weighted by Gasteiger charge is -2.14. The number of carbonyl (C=O) groups excluding carboxylic acids is 1. The smallest absolute Gasteiger partial charge is 0.264 e. The van der Waals surface area contributed by atoms with Gasteiger partial charge in [0, 0.05) is 0 Å². The van der Waals surface area contributed by atoms with E-state index in [4.69, 9.17) is 9.47 Å². The number of nitrogens with one attached hydrogen (secondary N) is 1. The Kier molecular flexibility index (Phi) is 7.05. The second-order valence-electron chi connectivity index (χ2n) is 8.39. The van der Waals surface area contributed by atoms with Gasteiger partial charge < -0.3 is 14.8 Å². The van der Waals surface area contributed by atoms with Crippen molar-refractivity contribution in [2.75, 3.05) is 6.61 Å². The van der Waals surface area contributed by atoms with E-state index in [1.165, 1.54) is 22.5 Å². The van der Waals surface area contributed by atoms with Crippen LogP contribution in [0.25, 0.3) is 16.8 Å². The maximum atomic E-state index is 12.6. The molecule has 5 rings (SSSR count). The number of ether oxygens (including phenoxy) is 2. The van der Waals surface area contributed by atoms with E-state index in [0.717, 1.165) is 22.4 Å². The van der Waals surface area contributed by atoms with Crippen LogP contribution in [0, 0.1) is 6.92 Å². The summed E-state index contributed by atoms with van der Waals surface area (Å²) in [6.45, 7) is 4.89. The van der Waals surface area contributed by atoms with Crippen LogP contribution >= 0.6 is 11.8 Å². The zero-order valence-electron chi connectivity index (χ0n) is 20.2. The molecule has 5 nitrogen and oxygen atoms in total. The van der Waals surface area contributed by atoms with Crippen molar-refractivity contribution in [1.29, 1.82) is 0 Å². The van der Waals surface area contributed by atoms with Crippen LogP contribution < -0.4 is 14.8 Å². The normalized spacial score (nSPS) is 15.4. The highest BCUT2D eigenvalue weighted by Crippen LogP contribution is 2.33. The van der Waals surface area contributed by atoms with Crippen molar-refractivity contribution in [3.05, 3.63) is 107 Å². The molecule has 0 unspecified atom stereocenters. The number of carbonyl (C=O) groups is 1. The van der Waals surface area contributed by atoms with E-state index in [-0.39, 0.29) is 5.91 Å². The number of aliphatic imine (C=N–C) groups is 1. The molecule has 0 spiro atoms. The maximum absolute atomic E-state index is 12.6. The molecule has 0 aromatic heterocycles. The average molecular weight is 495 g/mol. The molecule has 180 valence electrons. The molecule has 0 radical (unpaired) electrons. The summed E-state index contributed by atoms with van der Waals surface area (Å²) in [7, 11) is 0. The van der Waals surface area contributed by atoms with Crippen molar-refractivity contribution >= 4 is 45.4 Å². The van der Waals surface area contributed by atoms with E-state index in [2.05, 4.69) is 34.6 Å². The summed E-state index contributed by atoms with van der Waals surface area (Å²) in [5, 5.41) is 5.77. The molecule has 0 aliphatic carbocycles. The second-order valence-corrected chi connectivity index (χ2v) is 9.42. The van der Waals surface area contributed by atoms with E-state index in [9.17, 15) is 4.79 Å². The van der Waals surface area contributed by atoms with E-state index in [1.54, 1.807) is 0 Å². The van der Waals surface area contributed by atoms with Gasteiger partial charge in [0.05, 0.1) is 17.2 Å². The van der Waals surface area contributed by atoms with Crippen molar-refractivity contribution in [2.24, 2.45) is 4.99 Å². The fourth-order valence-corrected chi connectivity index (χ4v) is 4.86. The van der Waals surface area contributed by atoms with Crippen LogP contribution in [0.5, 0.6) is 11.5 Å². The summed E-state index contributed by atoms with van der Waals surface area (Å²) in [5.74, 6) is 1.14. The van der Waals surface area contributed by atoms with Crippen molar-refractivity contribution in [2.45, 2.75) is 20.5 Å². The quantitative estimate of drug-likeness (QED) is 0.281. The molecule has 1 heterocycles. The molecule has 1 amide bonds. The zero-order valence-corrected chi connectivity index (χ0v) is 21.0. The second kappa shape index (κ2) is 10.7. The molecule has 1 aliphatic rings. The summed E-state index contributed by atoms with van der Waals surface area (Å²) in [6, 6.07) is 28.1. The summed E-state index contributed by atoms with van der Waals surface area (Å²) in [5.41, 5.74) is 3.89. The molecule has 1 fully saturated rings. The topological polar surface area (TPSA) is 59.9 Å². The van der Waals surface area contributed by atoms with Gasteiger partial charge in [-0.1, -0.05) is 60.7 Å². The molecule has 36 heavy (non-hydrogen) atoms. The Bertz CT molecular complexity index is 1490. The fraction of sp³-hybridized carbons (Fsp3) is 0.133. The molecule has 4 aromatic rings. The first-order valence-electron chi connectivity index (χ1n) is 11.8. The number of benzene rings is 4. The zero-order chi connectivity index (χ0) is 24.9. The SMILES string of the molecule is CCOc1cc(/C=C2/SC(=Nc3cccc(C)c3)NC2=O)ccc1OCc1cccc2ccccc12. The average Bonchev–Trinajstić information content (AvgIpc) is 3.21. The summed E-state index contributed by atoms with van der Waals surface area (Å²) in [6.07, 6.45) is 1.84. The van der Waals surface area contributed by atoms with Gasteiger partial charge in [0.1, 0.15) is 6.61 Å². The summed E-state index contributed by atoms with van der Waals surface area (Å²) < 4.78 is 12.0. The van der Waals surface area contributed by atoms with Crippen LogP contribution in [-0.4, -0.2) is 17.7 Å². The lowest BCUT2D eigenvalue weighted by molar-refractivity contribution is -0.115. The fourth-order valence-electron chi connectivity index (χ4n) is 4.02. The van der Waals surface area contributed by atoms with Gasteiger partial charge in [-0.15, -0.1) is 0 Å². The lowest BCUT2D eigenvalue weighted by Crippen LogP contribution is -2.19. The van der Waals surface area contributed by atoms with Crippen molar-refractivity contribution in [1.82, 2.24) is 5.32 Å². The Morgan fingerprint density at radius 2 is 1.75 bits per heavy atom. The number of thioether (sulfide) groups is 1. The molecule has 6 heteroatoms. The molecule has 4 aromatic carbocycles.